The maximum atomic E-state index is 13.0. The van der Waals surface area contributed by atoms with E-state index in [2.05, 4.69) is 6.07 Å². The summed E-state index contributed by atoms with van der Waals surface area (Å²) in [6, 6.07) is 6.88. The molecular weight excluding hydrogens is 435 g/mol. The fourth-order valence-electron chi connectivity index (χ4n) is 4.31. The van der Waals surface area contributed by atoms with Gasteiger partial charge >= 0.3 is 0 Å². The van der Waals surface area contributed by atoms with Crippen LogP contribution in [0.15, 0.2) is 18.2 Å². The molecule has 0 aliphatic carbocycles. The van der Waals surface area contributed by atoms with Gasteiger partial charge in [0.15, 0.2) is 5.78 Å². The number of ether oxygens (including phenoxy) is 1. The van der Waals surface area contributed by atoms with Crippen LogP contribution in [-0.4, -0.2) is 28.8 Å². The zero-order valence-corrected chi connectivity index (χ0v) is 15.2. The summed E-state index contributed by atoms with van der Waals surface area (Å²) in [7, 11) is 0. The number of hydrogen-bond donors (Lipinski definition) is 0. The molecule has 4 atom stereocenters. The molecule has 2 bridgehead atoms. The summed E-state index contributed by atoms with van der Waals surface area (Å²) < 4.78 is 6.51. The number of carbonyl (C=O) groups excluding carboxylic acids is 3. The lowest BCUT2D eigenvalue weighted by atomic mass is 9.68. The number of rotatable bonds is 1. The van der Waals surface area contributed by atoms with Crippen molar-refractivity contribution >= 4 is 45.9 Å². The molecule has 0 saturated carbocycles. The maximum absolute atomic E-state index is 13.0. The number of nitrogens with zero attached hydrogens (tertiary/aromatic N) is 2. The average molecular weight is 452 g/mol. The number of halogens is 1. The van der Waals surface area contributed by atoms with Crippen LogP contribution in [0.4, 0.5) is 5.69 Å². The number of ketones is 1. The second-order valence-electron chi connectivity index (χ2n) is 6.86. The molecule has 6 nitrogen and oxygen atoms in total. The summed E-state index contributed by atoms with van der Waals surface area (Å²) in [5.74, 6) is -2.26. The van der Waals surface area contributed by atoms with Crippen LogP contribution in [0, 0.1) is 26.7 Å². The molecule has 3 heterocycles. The summed E-state index contributed by atoms with van der Waals surface area (Å²) in [5.41, 5.74) is -1.23. The first kappa shape index (κ1) is 18.0. The van der Waals surface area contributed by atoms with Crippen LogP contribution in [0.5, 0.6) is 0 Å². The minimum atomic E-state index is -1.22. The number of carbonyl (C=O) groups is 3. The molecule has 7 heteroatoms. The predicted molar refractivity (Wildman–Crippen MR) is 97.6 cm³/mol. The van der Waals surface area contributed by atoms with E-state index in [0.717, 1.165) is 4.90 Å². The highest BCUT2D eigenvalue weighted by Crippen LogP contribution is 2.59. The van der Waals surface area contributed by atoms with Gasteiger partial charge < -0.3 is 4.74 Å². The van der Waals surface area contributed by atoms with Crippen molar-refractivity contribution in [2.24, 2.45) is 11.8 Å². The van der Waals surface area contributed by atoms with E-state index in [0.29, 0.717) is 14.8 Å². The van der Waals surface area contributed by atoms with E-state index in [1.807, 2.05) is 22.6 Å². The number of imide groups is 1. The molecule has 3 aliphatic heterocycles. The average Bonchev–Trinajstić information content (AvgIpc) is 3.01. The van der Waals surface area contributed by atoms with Crippen LogP contribution in [0.3, 0.4) is 0 Å². The van der Waals surface area contributed by atoms with Gasteiger partial charge in [-0.2, -0.15) is 5.26 Å². The molecule has 0 aromatic heterocycles. The monoisotopic (exact) mass is 452 g/mol. The van der Waals surface area contributed by atoms with Gasteiger partial charge in [-0.25, -0.2) is 4.90 Å². The van der Waals surface area contributed by atoms with Crippen molar-refractivity contribution in [3.8, 4) is 6.07 Å². The van der Waals surface area contributed by atoms with E-state index < -0.39 is 28.9 Å². The Morgan fingerprint density at radius 3 is 2.48 bits per heavy atom. The van der Waals surface area contributed by atoms with Crippen LogP contribution in [0.25, 0.3) is 0 Å². The van der Waals surface area contributed by atoms with Gasteiger partial charge in [-0.1, -0.05) is 7.43 Å². The zero-order valence-electron chi connectivity index (χ0n) is 13.0. The number of hydrogen-bond acceptors (Lipinski definition) is 5. The van der Waals surface area contributed by atoms with Gasteiger partial charge in [0.25, 0.3) is 0 Å². The third kappa shape index (κ3) is 2.07. The molecule has 0 radical (unpaired) electrons. The fraction of sp³-hybridized carbons (Fsp3) is 0.444. The summed E-state index contributed by atoms with van der Waals surface area (Å²) in [4.78, 5) is 39.3. The van der Waals surface area contributed by atoms with Crippen molar-refractivity contribution in [1.82, 2.24) is 0 Å². The lowest BCUT2D eigenvalue weighted by Crippen LogP contribution is -2.46. The minimum absolute atomic E-state index is 0. The SMILES string of the molecule is C.C[C@]12CC(=O)[C@](C)(O1)[C@@H]1C(=O)N(c3ccc(C#N)c(I)c3)C(=O)[C@@H]12. The molecule has 1 aromatic carbocycles. The molecule has 0 unspecified atom stereocenters. The van der Waals surface area contributed by atoms with E-state index in [1.165, 1.54) is 0 Å². The number of amides is 2. The normalized spacial score (nSPS) is 35.6. The van der Waals surface area contributed by atoms with Crippen molar-refractivity contribution < 1.29 is 19.1 Å². The minimum Gasteiger partial charge on any atom is -0.359 e. The Morgan fingerprint density at radius 1 is 1.24 bits per heavy atom. The first-order chi connectivity index (χ1) is 11.2. The fourth-order valence-corrected chi connectivity index (χ4v) is 4.93. The third-order valence-electron chi connectivity index (χ3n) is 5.40. The van der Waals surface area contributed by atoms with Crippen molar-refractivity contribution in [3.63, 3.8) is 0 Å². The number of fused-ring (bicyclic) bond motifs is 5. The Balaban J connectivity index is 0.00000182. The molecule has 2 amide bonds. The highest BCUT2D eigenvalue weighted by atomic mass is 127. The van der Waals surface area contributed by atoms with Gasteiger partial charge in [-0.3, -0.25) is 14.4 Å². The third-order valence-corrected chi connectivity index (χ3v) is 6.29. The van der Waals surface area contributed by atoms with Gasteiger partial charge in [-0.15, -0.1) is 0 Å². The quantitative estimate of drug-likeness (QED) is 0.483. The molecule has 0 spiro atoms. The highest BCUT2D eigenvalue weighted by molar-refractivity contribution is 14.1. The summed E-state index contributed by atoms with van der Waals surface area (Å²) >= 11 is 2.00. The number of nitriles is 1. The predicted octanol–water partition coefficient (Wildman–Crippen LogP) is 2.42. The largest absolute Gasteiger partial charge is 0.359 e. The maximum Gasteiger partial charge on any atom is 0.241 e. The van der Waals surface area contributed by atoms with Crippen LogP contribution in [0.2, 0.25) is 0 Å². The van der Waals surface area contributed by atoms with Gasteiger partial charge in [0.05, 0.1) is 28.7 Å². The number of benzene rings is 1. The molecule has 0 N–H and O–H groups in total. The molecular formula is C18H17IN2O4. The van der Waals surface area contributed by atoms with Crippen molar-refractivity contribution in [2.45, 2.75) is 38.9 Å². The first-order valence-electron chi connectivity index (χ1n) is 7.54. The van der Waals surface area contributed by atoms with Gasteiger partial charge in [0.1, 0.15) is 11.7 Å². The molecule has 4 rings (SSSR count). The lowest BCUT2D eigenvalue weighted by Gasteiger charge is -2.26. The van der Waals surface area contributed by atoms with Crippen LogP contribution < -0.4 is 4.90 Å². The van der Waals surface area contributed by atoms with E-state index in [4.69, 9.17) is 10.00 Å². The van der Waals surface area contributed by atoms with Crippen LogP contribution in [-0.2, 0) is 19.1 Å². The van der Waals surface area contributed by atoms with Crippen LogP contribution in [0.1, 0.15) is 33.3 Å². The van der Waals surface area contributed by atoms with Crippen LogP contribution >= 0.6 is 22.6 Å². The van der Waals surface area contributed by atoms with Gasteiger partial charge in [0, 0.05) is 9.99 Å². The smallest absolute Gasteiger partial charge is 0.241 e. The van der Waals surface area contributed by atoms with Crippen molar-refractivity contribution in [1.29, 1.82) is 5.26 Å². The van der Waals surface area contributed by atoms with E-state index in [9.17, 15) is 14.4 Å². The molecule has 3 fully saturated rings. The number of anilines is 1. The van der Waals surface area contributed by atoms with Crippen molar-refractivity contribution in [3.05, 3.63) is 27.3 Å². The Hall–Kier alpha value is -1.79. The Labute approximate surface area is 159 Å². The zero-order chi connectivity index (χ0) is 17.4. The summed E-state index contributed by atoms with van der Waals surface area (Å²) in [5, 5.41) is 9.03. The number of Topliss-reactive ketones (excluding diaryl/α,β-unsaturated/α-hetero) is 1. The Bertz CT molecular complexity index is 876. The van der Waals surface area contributed by atoms with Crippen molar-refractivity contribution in [2.75, 3.05) is 4.90 Å². The molecule has 3 aliphatic rings. The summed E-state index contributed by atoms with van der Waals surface area (Å²) in [6.45, 7) is 3.35. The van der Waals surface area contributed by atoms with E-state index in [1.54, 1.807) is 32.0 Å². The standard InChI is InChI=1S/C17H13IN2O4.CH4/c1-16-6-11(21)17(2,24-16)13-12(16)14(22)20(15(13)23)9-4-3-8(7-19)10(18)5-9;/h3-5,12-13H,6H2,1-2H3;1H4/t12-,13+,16-,17+;/m1./s1. The summed E-state index contributed by atoms with van der Waals surface area (Å²) in [6.07, 6.45) is 0.155. The molecule has 25 heavy (non-hydrogen) atoms. The first-order valence-corrected chi connectivity index (χ1v) is 8.62. The molecule has 3 saturated heterocycles. The lowest BCUT2D eigenvalue weighted by molar-refractivity contribution is -0.139. The second-order valence-corrected chi connectivity index (χ2v) is 8.03. The van der Waals surface area contributed by atoms with Gasteiger partial charge in [-0.05, 0) is 54.6 Å². The van der Waals surface area contributed by atoms with Gasteiger partial charge in [0.2, 0.25) is 11.8 Å². The van der Waals surface area contributed by atoms with E-state index >= 15 is 0 Å². The molecule has 1 aromatic rings. The highest BCUT2D eigenvalue weighted by Gasteiger charge is 2.76. The topological polar surface area (TPSA) is 87.5 Å². The Kier molecular flexibility index (Phi) is 3.86. The molecule has 130 valence electrons. The van der Waals surface area contributed by atoms with E-state index in [-0.39, 0.29) is 25.5 Å². The second kappa shape index (κ2) is 5.35. The Morgan fingerprint density at radius 2 is 1.88 bits per heavy atom.